The molecule has 0 spiro atoms. The van der Waals surface area contributed by atoms with Crippen LogP contribution in [0.2, 0.25) is 0 Å². The molecule has 0 bridgehead atoms. The SMILES string of the molecule is [C-]1=CC=CC1.[Pt+2].[c-]1cccc2ccccc12. The molecule has 2 aromatic rings. The minimum absolute atomic E-state index is 0. The molecule has 0 N–H and O–H groups in total. The first kappa shape index (κ1) is 12.9. The third-order valence-electron chi connectivity index (χ3n) is 2.16. The Hall–Kier alpha value is -1.13. The first-order valence-corrected chi connectivity index (χ1v) is 5.04. The van der Waals surface area contributed by atoms with Gasteiger partial charge >= 0.3 is 21.1 Å². The molecule has 0 aromatic heterocycles. The number of benzene rings is 2. The number of fused-ring (bicyclic) bond motifs is 1. The predicted octanol–water partition coefficient (Wildman–Crippen LogP) is 3.94. The molecule has 1 aliphatic rings. The van der Waals surface area contributed by atoms with Crippen molar-refractivity contribution in [3.05, 3.63) is 72.8 Å². The molecule has 1 heteroatoms. The minimum atomic E-state index is 0. The van der Waals surface area contributed by atoms with E-state index in [1.807, 2.05) is 36.4 Å². The van der Waals surface area contributed by atoms with Gasteiger partial charge in [0.2, 0.25) is 0 Å². The van der Waals surface area contributed by atoms with E-state index in [1.54, 1.807) is 0 Å². The molecular formula is C15H12Pt. The maximum atomic E-state index is 3.15. The summed E-state index contributed by atoms with van der Waals surface area (Å²) in [7, 11) is 0. The van der Waals surface area contributed by atoms with Crippen molar-refractivity contribution in [2.24, 2.45) is 0 Å². The van der Waals surface area contributed by atoms with E-state index in [0.717, 1.165) is 6.42 Å². The maximum Gasteiger partial charge on any atom is 2.00 e. The molecule has 0 saturated heterocycles. The van der Waals surface area contributed by atoms with Gasteiger partial charge in [-0.05, 0) is 0 Å². The fraction of sp³-hybridized carbons (Fsp3) is 0.0667. The van der Waals surface area contributed by atoms with Crippen LogP contribution >= 0.6 is 0 Å². The summed E-state index contributed by atoms with van der Waals surface area (Å²) in [5.41, 5.74) is 0. The smallest absolute Gasteiger partial charge is 0.273 e. The second-order valence-corrected chi connectivity index (χ2v) is 3.26. The molecule has 82 valence electrons. The summed E-state index contributed by atoms with van der Waals surface area (Å²) in [6, 6.07) is 17.4. The summed E-state index contributed by atoms with van der Waals surface area (Å²) in [5.74, 6) is 0. The molecule has 0 nitrogen and oxygen atoms in total. The molecule has 0 heterocycles. The monoisotopic (exact) mass is 387 g/mol. The van der Waals surface area contributed by atoms with E-state index >= 15 is 0 Å². The van der Waals surface area contributed by atoms with Crippen molar-refractivity contribution >= 4 is 10.8 Å². The Morgan fingerprint density at radius 1 is 1.00 bits per heavy atom. The third kappa shape index (κ3) is 3.79. The van der Waals surface area contributed by atoms with Crippen molar-refractivity contribution in [1.29, 1.82) is 0 Å². The van der Waals surface area contributed by atoms with Crippen LogP contribution in [0.5, 0.6) is 0 Å². The molecule has 0 atom stereocenters. The average Bonchev–Trinajstić information content (AvgIpc) is 2.88. The molecule has 3 rings (SSSR count). The van der Waals surface area contributed by atoms with Crippen LogP contribution < -0.4 is 0 Å². The van der Waals surface area contributed by atoms with Crippen LogP contribution in [0.15, 0.2) is 60.7 Å². The third-order valence-corrected chi connectivity index (χ3v) is 2.16. The summed E-state index contributed by atoms with van der Waals surface area (Å²) in [6.07, 6.45) is 10.0. The van der Waals surface area contributed by atoms with Gasteiger partial charge in [0.1, 0.15) is 0 Å². The Labute approximate surface area is 111 Å². The molecule has 0 unspecified atom stereocenters. The largest absolute Gasteiger partial charge is 2.00 e. The minimum Gasteiger partial charge on any atom is -0.273 e. The standard InChI is InChI=1S/C10H7.C5H5.Pt/c1-2-6-10-8-4-3-7-9(10)5-1;1-2-4-5-3-1;/h1-7H;1-3H,4H2;/q2*-1;+2. The predicted molar refractivity (Wildman–Crippen MR) is 64.4 cm³/mol. The molecule has 0 amide bonds. The topological polar surface area (TPSA) is 0 Å². The summed E-state index contributed by atoms with van der Waals surface area (Å²) in [5, 5.41) is 2.44. The average molecular weight is 387 g/mol. The quantitative estimate of drug-likeness (QED) is 0.601. The van der Waals surface area contributed by atoms with Crippen molar-refractivity contribution < 1.29 is 21.1 Å². The maximum absolute atomic E-state index is 3.15. The van der Waals surface area contributed by atoms with Gasteiger partial charge in [0.05, 0.1) is 0 Å². The number of rotatable bonds is 0. The molecule has 0 aliphatic heterocycles. The second-order valence-electron chi connectivity index (χ2n) is 3.26. The van der Waals surface area contributed by atoms with Crippen LogP contribution in [-0.4, -0.2) is 0 Å². The Balaban J connectivity index is 0.000000183. The molecule has 1 aliphatic carbocycles. The van der Waals surface area contributed by atoms with E-state index in [0.29, 0.717) is 0 Å². The van der Waals surface area contributed by atoms with E-state index in [9.17, 15) is 0 Å². The molecular weight excluding hydrogens is 375 g/mol. The normalized spacial score (nSPS) is 11.8. The van der Waals surface area contributed by atoms with Gasteiger partial charge in [-0.2, -0.15) is 6.08 Å². The van der Waals surface area contributed by atoms with Gasteiger partial charge in [0, 0.05) is 0 Å². The van der Waals surface area contributed by atoms with Crippen LogP contribution in [0.1, 0.15) is 6.42 Å². The van der Waals surface area contributed by atoms with E-state index in [1.165, 1.54) is 10.8 Å². The van der Waals surface area contributed by atoms with Gasteiger partial charge < -0.3 is 0 Å². The zero-order valence-electron chi connectivity index (χ0n) is 8.80. The summed E-state index contributed by atoms with van der Waals surface area (Å²) in [6.45, 7) is 0. The van der Waals surface area contributed by atoms with Crippen LogP contribution in [-0.2, 0) is 21.1 Å². The van der Waals surface area contributed by atoms with Gasteiger partial charge in [-0.3, -0.25) is 6.08 Å². The Morgan fingerprint density at radius 3 is 2.44 bits per heavy atom. The second kappa shape index (κ2) is 7.19. The van der Waals surface area contributed by atoms with Crippen molar-refractivity contribution in [3.63, 3.8) is 0 Å². The zero-order chi connectivity index (χ0) is 10.3. The Kier molecular flexibility index (Phi) is 5.82. The van der Waals surface area contributed by atoms with Crippen LogP contribution in [0, 0.1) is 12.1 Å². The van der Waals surface area contributed by atoms with Gasteiger partial charge in [0.15, 0.2) is 0 Å². The van der Waals surface area contributed by atoms with Crippen molar-refractivity contribution in [1.82, 2.24) is 0 Å². The Bertz CT molecular complexity index is 408. The van der Waals surface area contributed by atoms with Crippen LogP contribution in [0.3, 0.4) is 0 Å². The molecule has 2 aromatic carbocycles. The van der Waals surface area contributed by atoms with Crippen molar-refractivity contribution in [3.8, 4) is 0 Å². The molecule has 0 fully saturated rings. The van der Waals surface area contributed by atoms with Gasteiger partial charge in [-0.1, -0.05) is 12.1 Å². The first-order chi connectivity index (χ1) is 7.47. The number of hydrogen-bond donors (Lipinski definition) is 0. The summed E-state index contributed by atoms with van der Waals surface area (Å²) < 4.78 is 0. The van der Waals surface area contributed by atoms with E-state index in [-0.39, 0.29) is 21.1 Å². The number of allylic oxidation sites excluding steroid dienone is 4. The van der Waals surface area contributed by atoms with Gasteiger partial charge in [0.25, 0.3) is 0 Å². The molecule has 0 saturated carbocycles. The van der Waals surface area contributed by atoms with Gasteiger partial charge in [-0.15, -0.1) is 53.6 Å². The zero-order valence-corrected chi connectivity index (χ0v) is 11.1. The van der Waals surface area contributed by atoms with E-state index in [2.05, 4.69) is 36.4 Å². The van der Waals surface area contributed by atoms with E-state index < -0.39 is 0 Å². The van der Waals surface area contributed by atoms with E-state index in [4.69, 9.17) is 0 Å². The molecule has 16 heavy (non-hydrogen) atoms. The first-order valence-electron chi connectivity index (χ1n) is 5.04. The van der Waals surface area contributed by atoms with Crippen LogP contribution in [0.4, 0.5) is 0 Å². The fourth-order valence-corrected chi connectivity index (χ4v) is 1.40. The fourth-order valence-electron chi connectivity index (χ4n) is 1.40. The summed E-state index contributed by atoms with van der Waals surface area (Å²) >= 11 is 0. The Morgan fingerprint density at radius 2 is 1.81 bits per heavy atom. The van der Waals surface area contributed by atoms with Gasteiger partial charge in [-0.25, -0.2) is 12.2 Å². The van der Waals surface area contributed by atoms with Crippen LogP contribution in [0.25, 0.3) is 10.8 Å². The molecule has 0 radical (unpaired) electrons. The van der Waals surface area contributed by atoms with Crippen molar-refractivity contribution in [2.45, 2.75) is 6.42 Å². The summed E-state index contributed by atoms with van der Waals surface area (Å²) in [4.78, 5) is 0. The van der Waals surface area contributed by atoms with Crippen molar-refractivity contribution in [2.75, 3.05) is 0 Å². The number of hydrogen-bond acceptors (Lipinski definition) is 0.